The van der Waals surface area contributed by atoms with Gasteiger partial charge in [0.2, 0.25) is 0 Å². The van der Waals surface area contributed by atoms with E-state index in [1.807, 2.05) is 0 Å². The Bertz CT molecular complexity index is 396. The molecule has 1 heterocycles. The zero-order valence-electron chi connectivity index (χ0n) is 11.0. The molecule has 0 spiro atoms. The monoisotopic (exact) mass is 296 g/mol. The lowest BCUT2D eigenvalue weighted by Gasteiger charge is -2.49. The van der Waals surface area contributed by atoms with Gasteiger partial charge in [-0.25, -0.2) is 0 Å². The van der Waals surface area contributed by atoms with Crippen LogP contribution in [-0.2, 0) is 0 Å². The first-order valence-electron chi connectivity index (χ1n) is 6.07. The van der Waals surface area contributed by atoms with Gasteiger partial charge in [-0.1, -0.05) is 22.0 Å². The molecule has 1 fully saturated rings. The van der Waals surface area contributed by atoms with Gasteiger partial charge < -0.3 is 10.2 Å². The average molecular weight is 297 g/mol. The number of benzene rings is 1. The Hall–Kier alpha value is -0.540. The summed E-state index contributed by atoms with van der Waals surface area (Å²) >= 11 is 3.54. The van der Waals surface area contributed by atoms with Crippen LogP contribution in [0.4, 0.5) is 5.69 Å². The molecule has 0 atom stereocenters. The third-order valence-corrected chi connectivity index (χ3v) is 3.52. The summed E-state index contributed by atoms with van der Waals surface area (Å²) in [6.07, 6.45) is 0. The van der Waals surface area contributed by atoms with E-state index in [1.54, 1.807) is 0 Å². The van der Waals surface area contributed by atoms with Gasteiger partial charge in [-0.2, -0.15) is 0 Å². The van der Waals surface area contributed by atoms with Gasteiger partial charge in [-0.15, -0.1) is 0 Å². The van der Waals surface area contributed by atoms with E-state index >= 15 is 0 Å². The SMILES string of the molecule is CC1(C)CN(c2cccc(Br)c2)CC(C)(C)N1. The molecule has 3 heteroatoms. The van der Waals surface area contributed by atoms with Gasteiger partial charge in [-0.3, -0.25) is 0 Å². The maximum atomic E-state index is 3.69. The lowest BCUT2D eigenvalue weighted by Crippen LogP contribution is -2.66. The summed E-state index contributed by atoms with van der Waals surface area (Å²) in [7, 11) is 0. The van der Waals surface area contributed by atoms with Gasteiger partial charge in [-0.05, 0) is 45.9 Å². The minimum atomic E-state index is 0.143. The molecule has 0 unspecified atom stereocenters. The second kappa shape index (κ2) is 4.29. The smallest absolute Gasteiger partial charge is 0.0378 e. The molecule has 0 bridgehead atoms. The standard InChI is InChI=1S/C14H21BrN2/c1-13(2)9-17(10-14(3,4)16-13)12-7-5-6-11(15)8-12/h5-8,16H,9-10H2,1-4H3. The van der Waals surface area contributed by atoms with Crippen molar-refractivity contribution in [3.05, 3.63) is 28.7 Å². The van der Waals surface area contributed by atoms with Crippen molar-refractivity contribution in [3.63, 3.8) is 0 Å². The van der Waals surface area contributed by atoms with Gasteiger partial charge in [0.15, 0.2) is 0 Å². The van der Waals surface area contributed by atoms with E-state index in [4.69, 9.17) is 0 Å². The third-order valence-electron chi connectivity index (χ3n) is 3.02. The Balaban J connectivity index is 2.27. The number of rotatable bonds is 1. The van der Waals surface area contributed by atoms with Crippen LogP contribution in [0.2, 0.25) is 0 Å². The third kappa shape index (κ3) is 3.23. The number of piperazine rings is 1. The molecule has 94 valence electrons. The number of halogens is 1. The Morgan fingerprint density at radius 2 is 1.71 bits per heavy atom. The van der Waals surface area contributed by atoms with E-state index in [0.717, 1.165) is 17.6 Å². The minimum absolute atomic E-state index is 0.143. The zero-order valence-corrected chi connectivity index (χ0v) is 12.6. The zero-order chi connectivity index (χ0) is 12.7. The molecule has 1 aromatic rings. The molecule has 0 saturated carbocycles. The fraction of sp³-hybridized carbons (Fsp3) is 0.571. The van der Waals surface area contributed by atoms with Gasteiger partial charge in [0.1, 0.15) is 0 Å². The van der Waals surface area contributed by atoms with E-state index in [9.17, 15) is 0 Å². The van der Waals surface area contributed by atoms with Crippen molar-refractivity contribution in [1.82, 2.24) is 5.32 Å². The van der Waals surface area contributed by atoms with Crippen molar-refractivity contribution < 1.29 is 0 Å². The first-order chi connectivity index (χ1) is 7.77. The second-order valence-electron chi connectivity index (χ2n) is 6.23. The highest BCUT2D eigenvalue weighted by Crippen LogP contribution is 2.27. The quantitative estimate of drug-likeness (QED) is 0.854. The van der Waals surface area contributed by atoms with Crippen LogP contribution < -0.4 is 10.2 Å². The Labute approximate surface area is 113 Å². The lowest BCUT2D eigenvalue weighted by atomic mass is 9.91. The molecule has 1 aromatic carbocycles. The van der Waals surface area contributed by atoms with Crippen molar-refractivity contribution in [3.8, 4) is 0 Å². The second-order valence-corrected chi connectivity index (χ2v) is 7.14. The number of nitrogens with zero attached hydrogens (tertiary/aromatic N) is 1. The topological polar surface area (TPSA) is 15.3 Å². The fourth-order valence-electron chi connectivity index (χ4n) is 2.86. The number of hydrogen-bond donors (Lipinski definition) is 1. The van der Waals surface area contributed by atoms with Gasteiger partial charge >= 0.3 is 0 Å². The van der Waals surface area contributed by atoms with Crippen molar-refractivity contribution in [2.24, 2.45) is 0 Å². The summed E-state index contributed by atoms with van der Waals surface area (Å²) in [5.74, 6) is 0. The number of nitrogens with one attached hydrogen (secondary N) is 1. The molecular weight excluding hydrogens is 276 g/mol. The molecule has 1 aliphatic rings. The predicted octanol–water partition coefficient (Wildman–Crippen LogP) is 3.42. The van der Waals surface area contributed by atoms with E-state index in [2.05, 4.69) is 78.1 Å². The van der Waals surface area contributed by atoms with Crippen LogP contribution in [0, 0.1) is 0 Å². The first kappa shape index (κ1) is 12.9. The molecule has 1 aliphatic heterocycles. The van der Waals surface area contributed by atoms with Crippen molar-refractivity contribution in [1.29, 1.82) is 0 Å². The molecule has 2 nitrogen and oxygen atoms in total. The highest BCUT2D eigenvalue weighted by atomic mass is 79.9. The maximum Gasteiger partial charge on any atom is 0.0378 e. The molecule has 0 amide bonds. The van der Waals surface area contributed by atoms with E-state index in [0.29, 0.717) is 0 Å². The van der Waals surface area contributed by atoms with Crippen LogP contribution in [0.25, 0.3) is 0 Å². The van der Waals surface area contributed by atoms with E-state index < -0.39 is 0 Å². The molecule has 0 aliphatic carbocycles. The Morgan fingerprint density at radius 3 is 2.24 bits per heavy atom. The molecule has 2 rings (SSSR count). The van der Waals surface area contributed by atoms with Gasteiger partial charge in [0.05, 0.1) is 0 Å². The molecule has 17 heavy (non-hydrogen) atoms. The van der Waals surface area contributed by atoms with Crippen LogP contribution in [0.15, 0.2) is 28.7 Å². The van der Waals surface area contributed by atoms with Crippen molar-refractivity contribution in [2.45, 2.75) is 38.8 Å². The summed E-state index contributed by atoms with van der Waals surface area (Å²) in [4.78, 5) is 2.46. The average Bonchev–Trinajstić information content (AvgIpc) is 2.12. The van der Waals surface area contributed by atoms with E-state index in [1.165, 1.54) is 5.69 Å². The van der Waals surface area contributed by atoms with Crippen LogP contribution in [0.5, 0.6) is 0 Å². The number of anilines is 1. The number of hydrogen-bond acceptors (Lipinski definition) is 2. The molecule has 1 saturated heterocycles. The van der Waals surface area contributed by atoms with E-state index in [-0.39, 0.29) is 11.1 Å². The van der Waals surface area contributed by atoms with Crippen LogP contribution in [-0.4, -0.2) is 24.2 Å². The summed E-state index contributed by atoms with van der Waals surface area (Å²) in [6, 6.07) is 8.54. The maximum absolute atomic E-state index is 3.69. The summed E-state index contributed by atoms with van der Waals surface area (Å²) < 4.78 is 1.14. The predicted molar refractivity (Wildman–Crippen MR) is 77.6 cm³/mol. The largest absolute Gasteiger partial charge is 0.368 e. The van der Waals surface area contributed by atoms with Crippen LogP contribution >= 0.6 is 15.9 Å². The molecule has 0 aromatic heterocycles. The fourth-order valence-corrected chi connectivity index (χ4v) is 3.25. The Kier molecular flexibility index (Phi) is 3.25. The van der Waals surface area contributed by atoms with Crippen LogP contribution in [0.3, 0.4) is 0 Å². The molecule has 0 radical (unpaired) electrons. The summed E-state index contributed by atoms with van der Waals surface area (Å²) in [6.45, 7) is 11.1. The first-order valence-corrected chi connectivity index (χ1v) is 6.87. The van der Waals surface area contributed by atoms with Gasteiger partial charge in [0, 0.05) is 34.3 Å². The van der Waals surface area contributed by atoms with Gasteiger partial charge in [0.25, 0.3) is 0 Å². The normalized spacial score (nSPS) is 22.5. The Morgan fingerprint density at radius 1 is 1.12 bits per heavy atom. The lowest BCUT2D eigenvalue weighted by molar-refractivity contribution is 0.226. The highest BCUT2D eigenvalue weighted by molar-refractivity contribution is 9.10. The van der Waals surface area contributed by atoms with Crippen molar-refractivity contribution in [2.75, 3.05) is 18.0 Å². The van der Waals surface area contributed by atoms with Crippen molar-refractivity contribution >= 4 is 21.6 Å². The highest BCUT2D eigenvalue weighted by Gasteiger charge is 2.36. The molecule has 1 N–H and O–H groups in total. The minimum Gasteiger partial charge on any atom is -0.368 e. The molecular formula is C14H21BrN2. The summed E-state index contributed by atoms with van der Waals surface area (Å²) in [5.41, 5.74) is 1.58. The summed E-state index contributed by atoms with van der Waals surface area (Å²) in [5, 5.41) is 3.69. The van der Waals surface area contributed by atoms with Crippen LogP contribution in [0.1, 0.15) is 27.7 Å².